The third kappa shape index (κ3) is 3.62. The molecule has 1 aromatic heterocycles. The Morgan fingerprint density at radius 3 is 2.71 bits per heavy atom. The molecule has 0 spiro atoms. The van der Waals surface area contributed by atoms with Crippen molar-refractivity contribution in [1.29, 1.82) is 0 Å². The lowest BCUT2D eigenvalue weighted by atomic mass is 10.1. The number of nitrogens with zero attached hydrogens (tertiary/aromatic N) is 1. The van der Waals surface area contributed by atoms with Crippen LogP contribution in [0, 0.1) is 0 Å². The highest BCUT2D eigenvalue weighted by Crippen LogP contribution is 2.29. The number of aromatic amines is 1. The number of nitrogens with one attached hydrogen (secondary N) is 1. The van der Waals surface area contributed by atoms with Crippen LogP contribution in [0.15, 0.2) is 21.7 Å². The molecule has 10 heteroatoms. The number of rotatable bonds is 5. The second-order valence-corrected chi connectivity index (χ2v) is 5.05. The number of esters is 1. The Morgan fingerprint density at radius 2 is 2.12 bits per heavy atom. The zero-order valence-corrected chi connectivity index (χ0v) is 12.8. The number of aromatic nitrogens is 2. The lowest BCUT2D eigenvalue weighted by Crippen LogP contribution is -2.39. The van der Waals surface area contributed by atoms with Gasteiger partial charge in [0.2, 0.25) is 0 Å². The smallest absolute Gasteiger partial charge is 0.331 e. The van der Waals surface area contributed by atoms with Gasteiger partial charge in [-0.15, -0.1) is 0 Å². The van der Waals surface area contributed by atoms with Crippen molar-refractivity contribution in [3.63, 3.8) is 0 Å². The van der Waals surface area contributed by atoms with E-state index in [1.165, 1.54) is 0 Å². The van der Waals surface area contributed by atoms with Crippen LogP contribution < -0.4 is 11.2 Å². The van der Waals surface area contributed by atoms with Gasteiger partial charge in [-0.1, -0.05) is 0 Å². The van der Waals surface area contributed by atoms with Crippen molar-refractivity contribution >= 4 is 12.0 Å². The fourth-order valence-electron chi connectivity index (χ4n) is 2.35. The maximum atomic E-state index is 12.1. The summed E-state index contributed by atoms with van der Waals surface area (Å²) in [7, 11) is 0. The summed E-state index contributed by atoms with van der Waals surface area (Å²) in [6.45, 7) is 1.20. The minimum atomic E-state index is -1.51. The van der Waals surface area contributed by atoms with Crippen molar-refractivity contribution in [3.8, 4) is 0 Å². The third-order valence-electron chi connectivity index (χ3n) is 3.45. The summed E-state index contributed by atoms with van der Waals surface area (Å²) >= 11 is 0. The maximum Gasteiger partial charge on any atom is 0.331 e. The van der Waals surface area contributed by atoms with Crippen LogP contribution >= 0.6 is 0 Å². The first-order valence-electron chi connectivity index (χ1n) is 7.22. The number of aliphatic hydroxyl groups excluding tert-OH is 3. The summed E-state index contributed by atoms with van der Waals surface area (Å²) in [4.78, 5) is 37.0. The molecule has 0 aliphatic carbocycles. The molecular formula is C14H18N2O8. The Kier molecular flexibility index (Phi) is 5.67. The molecular weight excluding hydrogens is 324 g/mol. The van der Waals surface area contributed by atoms with Crippen LogP contribution in [0.1, 0.15) is 18.8 Å². The zero-order chi connectivity index (χ0) is 17.9. The van der Waals surface area contributed by atoms with Gasteiger partial charge in [-0.3, -0.25) is 14.3 Å². The van der Waals surface area contributed by atoms with Crippen molar-refractivity contribution < 1.29 is 29.6 Å². The second kappa shape index (κ2) is 7.53. The van der Waals surface area contributed by atoms with Crippen molar-refractivity contribution in [3.05, 3.63) is 38.7 Å². The number of ether oxygens (including phenoxy) is 2. The molecule has 1 aliphatic heterocycles. The highest BCUT2D eigenvalue weighted by Gasteiger charge is 2.44. The predicted octanol–water partition coefficient (Wildman–Crippen LogP) is -2.28. The van der Waals surface area contributed by atoms with Gasteiger partial charge in [0.25, 0.3) is 5.56 Å². The van der Waals surface area contributed by atoms with E-state index in [-0.39, 0.29) is 12.3 Å². The van der Waals surface area contributed by atoms with Crippen LogP contribution in [0.2, 0.25) is 0 Å². The summed E-state index contributed by atoms with van der Waals surface area (Å²) < 4.78 is 10.9. The molecule has 0 amide bonds. The maximum absolute atomic E-state index is 12.1. The molecule has 0 radical (unpaired) electrons. The van der Waals surface area contributed by atoms with E-state index in [4.69, 9.17) is 14.6 Å². The highest BCUT2D eigenvalue weighted by molar-refractivity contribution is 5.86. The molecule has 0 aromatic carbocycles. The minimum Gasteiger partial charge on any atom is -0.463 e. The van der Waals surface area contributed by atoms with Gasteiger partial charge in [-0.25, -0.2) is 9.59 Å². The molecule has 1 unspecified atom stereocenters. The van der Waals surface area contributed by atoms with E-state index >= 15 is 0 Å². The van der Waals surface area contributed by atoms with Gasteiger partial charge in [0.05, 0.1) is 18.9 Å². The predicted molar refractivity (Wildman–Crippen MR) is 80.0 cm³/mol. The summed E-state index contributed by atoms with van der Waals surface area (Å²) in [5.74, 6) is -0.682. The minimum absolute atomic E-state index is 0.0355. The molecule has 4 N–H and O–H groups in total. The average molecular weight is 342 g/mol. The Bertz CT molecular complexity index is 737. The SMILES string of the molecule is CCOC(=O)/C=C/c1cc(=O)[nH]c(=O)n1C1O[C@H](CO)[C@@H](O)[C@H]1O. The molecule has 0 saturated carbocycles. The van der Waals surface area contributed by atoms with Crippen LogP contribution in [0.3, 0.4) is 0 Å². The lowest BCUT2D eigenvalue weighted by Gasteiger charge is -2.19. The quantitative estimate of drug-likeness (QED) is 0.345. The Morgan fingerprint density at radius 1 is 1.42 bits per heavy atom. The van der Waals surface area contributed by atoms with E-state index in [1.807, 2.05) is 4.98 Å². The standard InChI is InChI=1S/C14H18N2O8/c1-2-23-10(19)4-3-7-5-9(18)15-14(22)16(7)13-12(21)11(20)8(6-17)24-13/h3-5,8,11-13,17,20-21H,2,6H2,1H3,(H,15,18,22)/b4-3+/t8-,11-,12-,13?/m1/s1. The van der Waals surface area contributed by atoms with Gasteiger partial charge in [0.1, 0.15) is 18.3 Å². The Labute approximate surface area is 135 Å². The number of hydrogen-bond donors (Lipinski definition) is 4. The van der Waals surface area contributed by atoms with Crippen molar-refractivity contribution in [2.45, 2.75) is 31.5 Å². The first kappa shape index (κ1) is 18.1. The van der Waals surface area contributed by atoms with Gasteiger partial charge in [0.15, 0.2) is 6.23 Å². The third-order valence-corrected chi connectivity index (χ3v) is 3.45. The molecule has 2 heterocycles. The van der Waals surface area contributed by atoms with E-state index in [1.54, 1.807) is 6.92 Å². The van der Waals surface area contributed by atoms with Crippen LogP contribution in [-0.4, -0.2) is 62.4 Å². The first-order chi connectivity index (χ1) is 11.4. The summed E-state index contributed by atoms with van der Waals surface area (Å²) in [5, 5.41) is 29.0. The largest absolute Gasteiger partial charge is 0.463 e. The molecule has 1 fully saturated rings. The number of hydrogen-bond acceptors (Lipinski definition) is 8. The number of carbonyl (C=O) groups excluding carboxylic acids is 1. The van der Waals surface area contributed by atoms with E-state index < -0.39 is 48.4 Å². The van der Waals surface area contributed by atoms with E-state index in [2.05, 4.69) is 0 Å². The van der Waals surface area contributed by atoms with Gasteiger partial charge in [0, 0.05) is 12.1 Å². The lowest BCUT2D eigenvalue weighted by molar-refractivity contribution is -0.137. The van der Waals surface area contributed by atoms with Gasteiger partial charge in [-0.2, -0.15) is 0 Å². The zero-order valence-electron chi connectivity index (χ0n) is 12.8. The van der Waals surface area contributed by atoms with Gasteiger partial charge < -0.3 is 24.8 Å². The Hall–Kier alpha value is -2.27. The summed E-state index contributed by atoms with van der Waals surface area (Å²) in [5.41, 5.74) is -1.65. The molecule has 1 aromatic rings. The second-order valence-electron chi connectivity index (χ2n) is 5.05. The monoisotopic (exact) mass is 342 g/mol. The normalized spacial score (nSPS) is 26.8. The summed E-state index contributed by atoms with van der Waals surface area (Å²) in [6.07, 6.45) is -3.20. The van der Waals surface area contributed by atoms with Crippen molar-refractivity contribution in [1.82, 2.24) is 9.55 Å². The van der Waals surface area contributed by atoms with Crippen LogP contribution in [0.5, 0.6) is 0 Å². The van der Waals surface area contributed by atoms with Crippen LogP contribution in [0.4, 0.5) is 0 Å². The summed E-state index contributed by atoms with van der Waals surface area (Å²) in [6, 6.07) is 1.02. The van der Waals surface area contributed by atoms with Crippen LogP contribution in [-0.2, 0) is 14.3 Å². The highest BCUT2D eigenvalue weighted by atomic mass is 16.6. The average Bonchev–Trinajstić information content (AvgIpc) is 2.80. The van der Waals surface area contributed by atoms with E-state index in [0.29, 0.717) is 0 Å². The molecule has 1 aliphatic rings. The molecule has 132 valence electrons. The molecule has 4 atom stereocenters. The molecule has 24 heavy (non-hydrogen) atoms. The van der Waals surface area contributed by atoms with Gasteiger partial charge in [-0.05, 0) is 13.0 Å². The van der Waals surface area contributed by atoms with E-state index in [0.717, 1.165) is 22.8 Å². The van der Waals surface area contributed by atoms with Crippen molar-refractivity contribution in [2.75, 3.05) is 13.2 Å². The Balaban J connectivity index is 2.45. The molecule has 0 bridgehead atoms. The molecule has 1 saturated heterocycles. The van der Waals surface area contributed by atoms with Crippen molar-refractivity contribution in [2.24, 2.45) is 0 Å². The fourth-order valence-corrected chi connectivity index (χ4v) is 2.35. The number of carbonyl (C=O) groups is 1. The van der Waals surface area contributed by atoms with Crippen LogP contribution in [0.25, 0.3) is 6.08 Å². The number of aliphatic hydroxyl groups is 3. The topological polar surface area (TPSA) is 151 Å². The number of H-pyrrole nitrogens is 1. The van der Waals surface area contributed by atoms with E-state index in [9.17, 15) is 24.6 Å². The molecule has 10 nitrogen and oxygen atoms in total. The molecule has 2 rings (SSSR count). The first-order valence-corrected chi connectivity index (χ1v) is 7.22. The van der Waals surface area contributed by atoms with Gasteiger partial charge >= 0.3 is 11.7 Å². The fraction of sp³-hybridized carbons (Fsp3) is 0.500.